The highest BCUT2D eigenvalue weighted by molar-refractivity contribution is 9.10. The lowest BCUT2D eigenvalue weighted by atomic mass is 9.99. The molecule has 0 radical (unpaired) electrons. The minimum absolute atomic E-state index is 0.0281. The van der Waals surface area contributed by atoms with Crippen LogP contribution in [0.5, 0.6) is 11.5 Å². The lowest BCUT2D eigenvalue weighted by Crippen LogP contribution is -2.25. The lowest BCUT2D eigenvalue weighted by Gasteiger charge is -2.15. The summed E-state index contributed by atoms with van der Waals surface area (Å²) in [6, 6.07) is 14.0. The van der Waals surface area contributed by atoms with Crippen LogP contribution < -0.4 is 15.2 Å². The van der Waals surface area contributed by atoms with Crippen LogP contribution in [0, 0.1) is 0 Å². The van der Waals surface area contributed by atoms with Crippen molar-refractivity contribution in [1.29, 1.82) is 0 Å². The van der Waals surface area contributed by atoms with Crippen molar-refractivity contribution < 1.29 is 9.47 Å². The Labute approximate surface area is 134 Å². The third kappa shape index (κ3) is 4.48. The summed E-state index contributed by atoms with van der Waals surface area (Å²) >= 11 is 3.49. The summed E-state index contributed by atoms with van der Waals surface area (Å²) in [4.78, 5) is 0. The second kappa shape index (κ2) is 7.48. The van der Waals surface area contributed by atoms with Crippen molar-refractivity contribution in [2.24, 2.45) is 5.73 Å². The van der Waals surface area contributed by atoms with Gasteiger partial charge in [0.2, 0.25) is 0 Å². The zero-order chi connectivity index (χ0) is 15.2. The molecule has 0 fully saturated rings. The van der Waals surface area contributed by atoms with Gasteiger partial charge in [-0.2, -0.15) is 0 Å². The maximum Gasteiger partial charge on any atom is 0.122 e. The van der Waals surface area contributed by atoms with Crippen LogP contribution in [-0.4, -0.2) is 20.3 Å². The van der Waals surface area contributed by atoms with Crippen molar-refractivity contribution in [2.75, 3.05) is 14.2 Å². The maximum atomic E-state index is 6.29. The van der Waals surface area contributed by atoms with Gasteiger partial charge in [0.25, 0.3) is 0 Å². The molecule has 0 saturated heterocycles. The normalized spacial score (nSPS) is 12.0. The summed E-state index contributed by atoms with van der Waals surface area (Å²) in [5, 5.41) is 0. The summed E-state index contributed by atoms with van der Waals surface area (Å²) in [5.41, 5.74) is 8.58. The Hall–Kier alpha value is -1.52. The Bertz CT molecular complexity index is 601. The topological polar surface area (TPSA) is 44.5 Å². The Morgan fingerprint density at radius 1 is 1.05 bits per heavy atom. The fourth-order valence-corrected chi connectivity index (χ4v) is 2.77. The Morgan fingerprint density at radius 3 is 2.57 bits per heavy atom. The van der Waals surface area contributed by atoms with Gasteiger partial charge in [0, 0.05) is 10.5 Å². The predicted octanol–water partition coefficient (Wildman–Crippen LogP) is 3.58. The van der Waals surface area contributed by atoms with Gasteiger partial charge in [0.15, 0.2) is 0 Å². The van der Waals surface area contributed by atoms with Gasteiger partial charge in [0.05, 0.1) is 14.2 Å². The number of nitrogens with two attached hydrogens (primary N) is 1. The van der Waals surface area contributed by atoms with Crippen molar-refractivity contribution >= 4 is 15.9 Å². The second-order valence-corrected chi connectivity index (χ2v) is 5.89. The van der Waals surface area contributed by atoms with Gasteiger partial charge < -0.3 is 15.2 Å². The molecule has 0 bridgehead atoms. The van der Waals surface area contributed by atoms with Gasteiger partial charge in [-0.05, 0) is 54.3 Å². The molecule has 0 amide bonds. The first-order chi connectivity index (χ1) is 10.1. The van der Waals surface area contributed by atoms with Crippen molar-refractivity contribution in [1.82, 2.24) is 0 Å². The standard InChI is InChI=1S/C17H20BrNO2/c1-20-16-5-3-4-12(9-16)8-15(19)11-13-10-14(18)6-7-17(13)21-2/h3-7,9-10,15H,8,11,19H2,1-2H3. The van der Waals surface area contributed by atoms with E-state index in [2.05, 4.69) is 28.1 Å². The Balaban J connectivity index is 2.07. The third-order valence-corrected chi connectivity index (χ3v) is 3.85. The van der Waals surface area contributed by atoms with Gasteiger partial charge in [-0.3, -0.25) is 0 Å². The molecule has 0 aliphatic rings. The van der Waals surface area contributed by atoms with Crippen molar-refractivity contribution in [3.8, 4) is 11.5 Å². The lowest BCUT2D eigenvalue weighted by molar-refractivity contribution is 0.407. The summed E-state index contributed by atoms with van der Waals surface area (Å²) in [5.74, 6) is 1.74. The first kappa shape index (κ1) is 15.9. The largest absolute Gasteiger partial charge is 0.497 e. The third-order valence-electron chi connectivity index (χ3n) is 3.36. The van der Waals surface area contributed by atoms with E-state index in [0.29, 0.717) is 0 Å². The van der Waals surface area contributed by atoms with E-state index < -0.39 is 0 Å². The predicted molar refractivity (Wildman–Crippen MR) is 89.1 cm³/mol. The molecule has 1 unspecified atom stereocenters. The van der Waals surface area contributed by atoms with Gasteiger partial charge in [-0.25, -0.2) is 0 Å². The number of halogens is 1. The van der Waals surface area contributed by atoms with Crippen molar-refractivity contribution in [3.05, 3.63) is 58.1 Å². The van der Waals surface area contributed by atoms with Crippen LogP contribution >= 0.6 is 15.9 Å². The summed E-state index contributed by atoms with van der Waals surface area (Å²) < 4.78 is 11.7. The smallest absolute Gasteiger partial charge is 0.122 e. The van der Waals surface area contributed by atoms with Crippen LogP contribution in [0.25, 0.3) is 0 Å². The molecule has 0 saturated carbocycles. The SMILES string of the molecule is COc1cccc(CC(N)Cc2cc(Br)ccc2OC)c1. The van der Waals surface area contributed by atoms with Gasteiger partial charge in [0.1, 0.15) is 11.5 Å². The highest BCUT2D eigenvalue weighted by atomic mass is 79.9. The number of rotatable bonds is 6. The van der Waals surface area contributed by atoms with Crippen LogP contribution in [0.1, 0.15) is 11.1 Å². The van der Waals surface area contributed by atoms with E-state index in [1.807, 2.05) is 30.3 Å². The molecule has 0 aliphatic carbocycles. The average molecular weight is 350 g/mol. The average Bonchev–Trinajstić information content (AvgIpc) is 2.47. The van der Waals surface area contributed by atoms with Gasteiger partial charge in [-0.1, -0.05) is 28.1 Å². The molecule has 2 rings (SSSR count). The molecular formula is C17H20BrNO2. The van der Waals surface area contributed by atoms with E-state index in [-0.39, 0.29) is 6.04 Å². The molecule has 2 aromatic carbocycles. The number of hydrogen-bond acceptors (Lipinski definition) is 3. The molecule has 2 aromatic rings. The van der Waals surface area contributed by atoms with Crippen LogP contribution in [-0.2, 0) is 12.8 Å². The van der Waals surface area contributed by atoms with E-state index >= 15 is 0 Å². The summed E-state index contributed by atoms with van der Waals surface area (Å²) in [6.07, 6.45) is 1.56. The van der Waals surface area contributed by atoms with Crippen molar-refractivity contribution in [2.45, 2.75) is 18.9 Å². The molecule has 21 heavy (non-hydrogen) atoms. The van der Waals surface area contributed by atoms with E-state index in [1.54, 1.807) is 14.2 Å². The summed E-state index contributed by atoms with van der Waals surface area (Å²) in [7, 11) is 3.35. The maximum absolute atomic E-state index is 6.29. The first-order valence-corrected chi connectivity index (χ1v) is 7.62. The molecule has 1 atom stereocenters. The molecular weight excluding hydrogens is 330 g/mol. The highest BCUT2D eigenvalue weighted by Crippen LogP contribution is 2.24. The first-order valence-electron chi connectivity index (χ1n) is 6.83. The van der Waals surface area contributed by atoms with E-state index in [0.717, 1.165) is 34.4 Å². The minimum Gasteiger partial charge on any atom is -0.497 e. The second-order valence-electron chi connectivity index (χ2n) is 4.98. The number of benzene rings is 2. The molecule has 0 aliphatic heterocycles. The molecule has 112 valence electrons. The van der Waals surface area contributed by atoms with Crippen LogP contribution in [0.4, 0.5) is 0 Å². The van der Waals surface area contributed by atoms with Crippen LogP contribution in [0.2, 0.25) is 0 Å². The highest BCUT2D eigenvalue weighted by Gasteiger charge is 2.10. The summed E-state index contributed by atoms with van der Waals surface area (Å²) in [6.45, 7) is 0. The molecule has 0 aromatic heterocycles. The molecule has 3 nitrogen and oxygen atoms in total. The number of ether oxygens (including phenoxy) is 2. The minimum atomic E-state index is 0.0281. The molecule has 0 heterocycles. The van der Waals surface area contributed by atoms with E-state index in [4.69, 9.17) is 15.2 Å². The molecule has 4 heteroatoms. The van der Waals surface area contributed by atoms with E-state index in [1.165, 1.54) is 5.56 Å². The fourth-order valence-electron chi connectivity index (χ4n) is 2.36. The number of hydrogen-bond donors (Lipinski definition) is 1. The van der Waals surface area contributed by atoms with E-state index in [9.17, 15) is 0 Å². The zero-order valence-corrected chi connectivity index (χ0v) is 13.9. The van der Waals surface area contributed by atoms with Gasteiger partial charge >= 0.3 is 0 Å². The molecule has 2 N–H and O–H groups in total. The quantitative estimate of drug-likeness (QED) is 0.866. The number of methoxy groups -OCH3 is 2. The van der Waals surface area contributed by atoms with Crippen LogP contribution in [0.15, 0.2) is 46.9 Å². The monoisotopic (exact) mass is 349 g/mol. The molecule has 0 spiro atoms. The fraction of sp³-hybridized carbons (Fsp3) is 0.294. The Kier molecular flexibility index (Phi) is 5.65. The van der Waals surface area contributed by atoms with Gasteiger partial charge in [-0.15, -0.1) is 0 Å². The zero-order valence-electron chi connectivity index (χ0n) is 12.3. The van der Waals surface area contributed by atoms with Crippen molar-refractivity contribution in [3.63, 3.8) is 0 Å². The Morgan fingerprint density at radius 2 is 1.86 bits per heavy atom. The van der Waals surface area contributed by atoms with Crippen LogP contribution in [0.3, 0.4) is 0 Å².